The minimum atomic E-state index is -0.956. The van der Waals surface area contributed by atoms with Crippen LogP contribution in [-0.2, 0) is 14.4 Å². The van der Waals surface area contributed by atoms with E-state index in [9.17, 15) is 14.4 Å². The maximum atomic E-state index is 12.1. The first-order valence-electron chi connectivity index (χ1n) is 5.92. The highest BCUT2D eigenvalue weighted by Crippen LogP contribution is 2.20. The fourth-order valence-electron chi connectivity index (χ4n) is 2.45. The number of aliphatic carboxylic acids is 1. The molecule has 2 aliphatic rings. The summed E-state index contributed by atoms with van der Waals surface area (Å²) < 4.78 is 0. The Morgan fingerprint density at radius 1 is 1.29 bits per heavy atom. The third-order valence-corrected chi connectivity index (χ3v) is 3.36. The van der Waals surface area contributed by atoms with E-state index in [1.54, 1.807) is 0 Å². The molecule has 0 spiro atoms. The van der Waals surface area contributed by atoms with Crippen molar-refractivity contribution in [2.75, 3.05) is 6.54 Å². The van der Waals surface area contributed by atoms with Crippen LogP contribution < -0.4 is 5.32 Å². The number of rotatable bonds is 2. The summed E-state index contributed by atoms with van der Waals surface area (Å²) in [6, 6.07) is -1.25. The molecule has 6 nitrogen and oxygen atoms in total. The van der Waals surface area contributed by atoms with Crippen LogP contribution in [-0.4, -0.2) is 46.4 Å². The number of hydrogen-bond acceptors (Lipinski definition) is 3. The Balaban J connectivity index is 2.06. The van der Waals surface area contributed by atoms with Crippen molar-refractivity contribution < 1.29 is 19.5 Å². The maximum absolute atomic E-state index is 12.1. The smallest absolute Gasteiger partial charge is 0.326 e. The van der Waals surface area contributed by atoms with Gasteiger partial charge in [-0.2, -0.15) is 0 Å². The van der Waals surface area contributed by atoms with E-state index in [1.807, 2.05) is 0 Å². The zero-order valence-corrected chi connectivity index (χ0v) is 9.52. The Labute approximate surface area is 99.0 Å². The Kier molecular flexibility index (Phi) is 3.31. The van der Waals surface area contributed by atoms with Gasteiger partial charge in [0.05, 0.1) is 0 Å². The van der Waals surface area contributed by atoms with E-state index in [2.05, 4.69) is 5.32 Å². The molecule has 2 atom stereocenters. The number of carboxylic acid groups (broad SMARTS) is 1. The normalized spacial score (nSPS) is 28.9. The lowest BCUT2D eigenvalue weighted by Gasteiger charge is -2.34. The molecule has 2 N–H and O–H groups in total. The first-order chi connectivity index (χ1) is 8.09. The molecule has 0 aromatic carbocycles. The molecule has 2 saturated heterocycles. The van der Waals surface area contributed by atoms with Crippen LogP contribution in [0.25, 0.3) is 0 Å². The van der Waals surface area contributed by atoms with E-state index in [-0.39, 0.29) is 11.8 Å². The predicted octanol–water partition coefficient (Wildman–Crippen LogP) is -0.269. The van der Waals surface area contributed by atoms with E-state index < -0.39 is 18.1 Å². The monoisotopic (exact) mass is 240 g/mol. The van der Waals surface area contributed by atoms with Crippen molar-refractivity contribution >= 4 is 17.8 Å². The van der Waals surface area contributed by atoms with Gasteiger partial charge in [-0.05, 0) is 25.7 Å². The van der Waals surface area contributed by atoms with Gasteiger partial charge >= 0.3 is 5.97 Å². The summed E-state index contributed by atoms with van der Waals surface area (Å²) in [6.07, 6.45) is 2.98. The summed E-state index contributed by atoms with van der Waals surface area (Å²) >= 11 is 0. The highest BCUT2D eigenvalue weighted by atomic mass is 16.4. The molecule has 1 unspecified atom stereocenters. The average Bonchev–Trinajstić information content (AvgIpc) is 2.75. The molecule has 94 valence electrons. The summed E-state index contributed by atoms with van der Waals surface area (Å²) in [6.45, 7) is 0.474. The van der Waals surface area contributed by atoms with Crippen molar-refractivity contribution in [3.05, 3.63) is 0 Å². The SMILES string of the molecule is O=C1CC[C@@H](C(=O)N2CCCCC2C(=O)O)N1. The molecule has 0 aromatic heterocycles. The number of carbonyl (C=O) groups excluding carboxylic acids is 2. The minimum absolute atomic E-state index is 0.132. The molecule has 0 aliphatic carbocycles. The second-order valence-electron chi connectivity index (χ2n) is 4.54. The first kappa shape index (κ1) is 11.9. The third-order valence-electron chi connectivity index (χ3n) is 3.36. The molecule has 6 heteroatoms. The van der Waals surface area contributed by atoms with Crippen LogP contribution in [0.15, 0.2) is 0 Å². The van der Waals surface area contributed by atoms with E-state index in [0.29, 0.717) is 25.8 Å². The summed E-state index contributed by atoms with van der Waals surface area (Å²) in [5.74, 6) is -1.34. The Morgan fingerprint density at radius 3 is 2.65 bits per heavy atom. The number of likely N-dealkylation sites (tertiary alicyclic amines) is 1. The van der Waals surface area contributed by atoms with E-state index in [4.69, 9.17) is 5.11 Å². The number of carbonyl (C=O) groups is 3. The van der Waals surface area contributed by atoms with Gasteiger partial charge in [0, 0.05) is 13.0 Å². The molecule has 0 bridgehead atoms. The summed E-state index contributed by atoms with van der Waals surface area (Å²) in [7, 11) is 0. The molecule has 2 fully saturated rings. The van der Waals surface area contributed by atoms with Crippen molar-refractivity contribution in [2.45, 2.75) is 44.2 Å². The standard InChI is InChI=1S/C11H16N2O4/c14-9-5-4-7(12-9)10(15)13-6-2-1-3-8(13)11(16)17/h7-8H,1-6H2,(H,12,14)(H,16,17)/t7-,8?/m0/s1. The lowest BCUT2D eigenvalue weighted by atomic mass is 10.0. The van der Waals surface area contributed by atoms with Gasteiger partial charge in [-0.1, -0.05) is 0 Å². The molecule has 0 aromatic rings. The van der Waals surface area contributed by atoms with Crippen molar-refractivity contribution in [1.82, 2.24) is 10.2 Å². The van der Waals surface area contributed by atoms with Gasteiger partial charge in [0.1, 0.15) is 12.1 Å². The largest absolute Gasteiger partial charge is 0.480 e. The lowest BCUT2D eigenvalue weighted by molar-refractivity contribution is -0.152. The van der Waals surface area contributed by atoms with Crippen molar-refractivity contribution in [2.24, 2.45) is 0 Å². The van der Waals surface area contributed by atoms with Gasteiger partial charge in [-0.15, -0.1) is 0 Å². The molecule has 2 amide bonds. The van der Waals surface area contributed by atoms with E-state index >= 15 is 0 Å². The van der Waals surface area contributed by atoms with Crippen LogP contribution >= 0.6 is 0 Å². The summed E-state index contributed by atoms with van der Waals surface area (Å²) in [5, 5.41) is 11.7. The molecular weight excluding hydrogens is 224 g/mol. The number of nitrogens with one attached hydrogen (secondary N) is 1. The Hall–Kier alpha value is -1.59. The van der Waals surface area contributed by atoms with Crippen molar-refractivity contribution in [1.29, 1.82) is 0 Å². The van der Waals surface area contributed by atoms with Crippen LogP contribution in [0.5, 0.6) is 0 Å². The third kappa shape index (κ3) is 2.40. The van der Waals surface area contributed by atoms with Crippen LogP contribution in [0.1, 0.15) is 32.1 Å². The van der Waals surface area contributed by atoms with Gasteiger partial charge in [0.15, 0.2) is 0 Å². The zero-order valence-electron chi connectivity index (χ0n) is 9.52. The molecule has 2 heterocycles. The van der Waals surface area contributed by atoms with Crippen molar-refractivity contribution in [3.8, 4) is 0 Å². The fourth-order valence-corrected chi connectivity index (χ4v) is 2.45. The lowest BCUT2D eigenvalue weighted by Crippen LogP contribution is -2.53. The molecule has 2 rings (SSSR count). The summed E-state index contributed by atoms with van der Waals surface area (Å²) in [4.78, 5) is 35.6. The Morgan fingerprint density at radius 2 is 2.06 bits per heavy atom. The number of piperidine rings is 1. The number of nitrogens with zero attached hydrogens (tertiary/aromatic N) is 1. The highest BCUT2D eigenvalue weighted by molar-refractivity contribution is 5.93. The predicted molar refractivity (Wildman–Crippen MR) is 58.2 cm³/mol. The van der Waals surface area contributed by atoms with E-state index in [1.165, 1.54) is 4.90 Å². The summed E-state index contributed by atoms with van der Waals surface area (Å²) in [5.41, 5.74) is 0. The van der Waals surface area contributed by atoms with E-state index in [0.717, 1.165) is 12.8 Å². The van der Waals surface area contributed by atoms with Gasteiger partial charge in [-0.3, -0.25) is 9.59 Å². The maximum Gasteiger partial charge on any atom is 0.326 e. The van der Waals surface area contributed by atoms with Crippen LogP contribution in [0.3, 0.4) is 0 Å². The molecule has 0 radical (unpaired) electrons. The molecule has 2 aliphatic heterocycles. The molecule has 0 saturated carbocycles. The second-order valence-corrected chi connectivity index (χ2v) is 4.54. The molecular formula is C11H16N2O4. The van der Waals surface area contributed by atoms with Crippen LogP contribution in [0, 0.1) is 0 Å². The van der Waals surface area contributed by atoms with Crippen molar-refractivity contribution in [3.63, 3.8) is 0 Å². The van der Waals surface area contributed by atoms with Crippen LogP contribution in [0.4, 0.5) is 0 Å². The highest BCUT2D eigenvalue weighted by Gasteiger charge is 2.37. The van der Waals surface area contributed by atoms with Gasteiger partial charge in [0.2, 0.25) is 11.8 Å². The van der Waals surface area contributed by atoms with Crippen LogP contribution in [0.2, 0.25) is 0 Å². The topological polar surface area (TPSA) is 86.7 Å². The number of amides is 2. The van der Waals surface area contributed by atoms with Gasteiger partial charge in [0.25, 0.3) is 0 Å². The Bertz CT molecular complexity index is 355. The van der Waals surface area contributed by atoms with Gasteiger partial charge < -0.3 is 15.3 Å². The number of hydrogen-bond donors (Lipinski definition) is 2. The first-order valence-corrected chi connectivity index (χ1v) is 5.92. The minimum Gasteiger partial charge on any atom is -0.480 e. The molecule has 17 heavy (non-hydrogen) atoms. The number of carboxylic acids is 1. The fraction of sp³-hybridized carbons (Fsp3) is 0.727. The van der Waals surface area contributed by atoms with Gasteiger partial charge in [-0.25, -0.2) is 4.79 Å². The quantitative estimate of drug-likeness (QED) is 0.695. The second kappa shape index (κ2) is 4.73. The average molecular weight is 240 g/mol. The zero-order chi connectivity index (χ0) is 12.4.